The summed E-state index contributed by atoms with van der Waals surface area (Å²) >= 11 is 2.97. The number of carbonyl (C=O) groups excluding carboxylic acids is 2. The molecule has 0 radical (unpaired) electrons. The minimum absolute atomic E-state index is 0.0592. The van der Waals surface area contributed by atoms with Gasteiger partial charge in [-0.2, -0.15) is 8.78 Å². The topological polar surface area (TPSA) is 77.5 Å². The van der Waals surface area contributed by atoms with E-state index in [0.29, 0.717) is 5.69 Å². The van der Waals surface area contributed by atoms with Crippen LogP contribution in [0.15, 0.2) is 47.2 Å². The highest BCUT2D eigenvalue weighted by molar-refractivity contribution is 7.20. The lowest BCUT2D eigenvalue weighted by Gasteiger charge is -2.11. The second-order valence-electron chi connectivity index (χ2n) is 5.38. The van der Waals surface area contributed by atoms with Gasteiger partial charge < -0.3 is 14.8 Å². The number of para-hydroxylation sites is 2. The van der Waals surface area contributed by atoms with E-state index in [0.717, 1.165) is 9.88 Å². The van der Waals surface area contributed by atoms with Crippen molar-refractivity contribution in [3.05, 3.63) is 52.9 Å². The van der Waals surface area contributed by atoms with E-state index in [1.165, 1.54) is 29.5 Å². The van der Waals surface area contributed by atoms with E-state index in [9.17, 15) is 18.4 Å². The van der Waals surface area contributed by atoms with Crippen LogP contribution in [0.3, 0.4) is 0 Å². The van der Waals surface area contributed by atoms with Crippen molar-refractivity contribution in [1.82, 2.24) is 4.98 Å². The first-order chi connectivity index (χ1) is 13.5. The molecular formula is C18H14F2N2O4S2. The summed E-state index contributed by atoms with van der Waals surface area (Å²) in [6.07, 6.45) is -0.0692. The van der Waals surface area contributed by atoms with Gasteiger partial charge in [0, 0.05) is 5.38 Å². The number of hydrogen-bond acceptors (Lipinski definition) is 7. The second-order valence-corrected chi connectivity index (χ2v) is 7.19. The Kier molecular flexibility index (Phi) is 6.66. The minimum atomic E-state index is -3.02. The molecule has 1 aromatic carbocycles. The first-order valence-corrected chi connectivity index (χ1v) is 9.75. The molecule has 0 saturated carbocycles. The van der Waals surface area contributed by atoms with Crippen LogP contribution in [0.1, 0.15) is 5.69 Å². The van der Waals surface area contributed by atoms with Crippen LogP contribution < -0.4 is 10.1 Å². The fourth-order valence-corrected chi connectivity index (χ4v) is 3.84. The van der Waals surface area contributed by atoms with E-state index < -0.39 is 25.1 Å². The number of amides is 1. The van der Waals surface area contributed by atoms with Crippen molar-refractivity contribution in [1.29, 1.82) is 0 Å². The van der Waals surface area contributed by atoms with Crippen molar-refractivity contribution in [2.45, 2.75) is 13.0 Å². The van der Waals surface area contributed by atoms with Gasteiger partial charge in [-0.1, -0.05) is 18.2 Å². The highest BCUT2D eigenvalue weighted by Gasteiger charge is 2.14. The number of thiophene rings is 1. The number of hydrogen-bond donors (Lipinski definition) is 1. The molecule has 6 nitrogen and oxygen atoms in total. The third-order valence-corrected chi connectivity index (χ3v) is 5.28. The second kappa shape index (κ2) is 9.38. The van der Waals surface area contributed by atoms with E-state index in [1.807, 2.05) is 17.5 Å². The molecule has 2 heterocycles. The fraction of sp³-hybridized carbons (Fsp3) is 0.167. The number of carbonyl (C=O) groups is 2. The van der Waals surface area contributed by atoms with E-state index in [-0.39, 0.29) is 17.9 Å². The van der Waals surface area contributed by atoms with Crippen LogP contribution in [0.5, 0.6) is 5.75 Å². The number of ether oxygens (including phenoxy) is 2. The van der Waals surface area contributed by atoms with Crippen molar-refractivity contribution >= 4 is 40.2 Å². The monoisotopic (exact) mass is 424 g/mol. The van der Waals surface area contributed by atoms with Crippen LogP contribution in [0, 0.1) is 0 Å². The Bertz CT molecular complexity index is 945. The van der Waals surface area contributed by atoms with Gasteiger partial charge in [-0.05, 0) is 23.6 Å². The molecule has 1 N–H and O–H groups in total. The molecule has 0 spiro atoms. The predicted molar refractivity (Wildman–Crippen MR) is 102 cm³/mol. The maximum Gasteiger partial charge on any atom is 0.387 e. The van der Waals surface area contributed by atoms with Crippen molar-refractivity contribution in [3.8, 4) is 15.6 Å². The van der Waals surface area contributed by atoms with Crippen molar-refractivity contribution in [3.63, 3.8) is 0 Å². The Morgan fingerprint density at radius 1 is 1.14 bits per heavy atom. The molecule has 0 unspecified atom stereocenters. The number of halogens is 2. The lowest BCUT2D eigenvalue weighted by Crippen LogP contribution is -2.22. The van der Waals surface area contributed by atoms with Crippen LogP contribution in [0.25, 0.3) is 9.88 Å². The third-order valence-electron chi connectivity index (χ3n) is 3.35. The summed E-state index contributed by atoms with van der Waals surface area (Å²) in [6.45, 7) is -3.57. The van der Waals surface area contributed by atoms with Gasteiger partial charge in [0.15, 0.2) is 6.61 Å². The zero-order valence-electron chi connectivity index (χ0n) is 14.3. The molecule has 0 fully saturated rings. The largest absolute Gasteiger partial charge is 0.455 e. The lowest BCUT2D eigenvalue weighted by atomic mass is 10.3. The molecule has 0 saturated heterocycles. The van der Waals surface area contributed by atoms with Gasteiger partial charge >= 0.3 is 12.6 Å². The number of thiazole rings is 1. The van der Waals surface area contributed by atoms with Crippen LogP contribution in [0.2, 0.25) is 0 Å². The summed E-state index contributed by atoms with van der Waals surface area (Å²) in [7, 11) is 0. The number of esters is 1. The Morgan fingerprint density at radius 3 is 2.71 bits per heavy atom. The van der Waals surface area contributed by atoms with E-state index in [2.05, 4.69) is 15.0 Å². The molecule has 0 atom stereocenters. The first-order valence-electron chi connectivity index (χ1n) is 7.99. The number of alkyl halides is 2. The maximum atomic E-state index is 12.4. The number of benzene rings is 1. The standard InChI is InChI=1S/C18H14F2N2O4S2/c19-18(20)26-13-5-2-1-4-12(13)22-15(23)9-25-16(24)8-11-10-28-17(21-11)14-6-3-7-27-14/h1-7,10,18H,8-9H2,(H,22,23). The fourth-order valence-electron chi connectivity index (χ4n) is 2.20. The van der Waals surface area contributed by atoms with Gasteiger partial charge in [-0.15, -0.1) is 22.7 Å². The van der Waals surface area contributed by atoms with Gasteiger partial charge in [-0.25, -0.2) is 4.98 Å². The first kappa shape index (κ1) is 19.9. The van der Waals surface area contributed by atoms with Crippen molar-refractivity contribution in [2.24, 2.45) is 0 Å². The van der Waals surface area contributed by atoms with E-state index >= 15 is 0 Å². The number of anilines is 1. The number of nitrogens with one attached hydrogen (secondary N) is 1. The smallest absolute Gasteiger partial charge is 0.387 e. The minimum Gasteiger partial charge on any atom is -0.455 e. The summed E-state index contributed by atoms with van der Waals surface area (Å²) in [6, 6.07) is 9.59. The average molecular weight is 424 g/mol. The molecule has 3 rings (SSSR count). The Balaban J connectivity index is 1.49. The number of nitrogens with zero attached hydrogens (tertiary/aromatic N) is 1. The predicted octanol–water partition coefficient (Wildman–Crippen LogP) is 4.20. The SMILES string of the molecule is O=C(COC(=O)Cc1csc(-c2cccs2)n1)Nc1ccccc1OC(F)F. The summed E-state index contributed by atoms with van der Waals surface area (Å²) in [5.74, 6) is -1.47. The van der Waals surface area contributed by atoms with Gasteiger partial charge in [0.1, 0.15) is 10.8 Å². The molecule has 0 aliphatic heterocycles. The van der Waals surface area contributed by atoms with Crippen molar-refractivity contribution < 1.29 is 27.8 Å². The summed E-state index contributed by atoms with van der Waals surface area (Å²) in [5, 5.41) is 6.88. The van der Waals surface area contributed by atoms with E-state index in [1.54, 1.807) is 22.8 Å². The molecule has 3 aromatic rings. The van der Waals surface area contributed by atoms with E-state index in [4.69, 9.17) is 4.74 Å². The summed E-state index contributed by atoms with van der Waals surface area (Å²) in [5.41, 5.74) is 0.610. The Labute approximate surface area is 166 Å². The average Bonchev–Trinajstić information content (AvgIpc) is 3.33. The molecule has 0 aliphatic carbocycles. The zero-order valence-corrected chi connectivity index (χ0v) is 15.9. The highest BCUT2D eigenvalue weighted by Crippen LogP contribution is 2.28. The normalized spacial score (nSPS) is 10.7. The van der Waals surface area contributed by atoms with Crippen LogP contribution in [-0.2, 0) is 20.7 Å². The van der Waals surface area contributed by atoms with Crippen molar-refractivity contribution in [2.75, 3.05) is 11.9 Å². The Morgan fingerprint density at radius 2 is 1.96 bits per heavy atom. The molecule has 2 aromatic heterocycles. The van der Waals surface area contributed by atoms with Gasteiger partial charge in [-0.3, -0.25) is 9.59 Å². The molecule has 10 heteroatoms. The highest BCUT2D eigenvalue weighted by atomic mass is 32.1. The quantitative estimate of drug-likeness (QED) is 0.549. The Hall–Kier alpha value is -2.85. The molecule has 1 amide bonds. The molecule has 28 heavy (non-hydrogen) atoms. The van der Waals surface area contributed by atoms with Gasteiger partial charge in [0.05, 0.1) is 22.7 Å². The molecular weight excluding hydrogens is 410 g/mol. The summed E-state index contributed by atoms with van der Waals surface area (Å²) in [4.78, 5) is 29.2. The number of aromatic nitrogens is 1. The van der Waals surface area contributed by atoms with Crippen LogP contribution >= 0.6 is 22.7 Å². The van der Waals surface area contributed by atoms with Crippen LogP contribution in [-0.4, -0.2) is 30.1 Å². The van der Waals surface area contributed by atoms with Gasteiger partial charge in [0.2, 0.25) is 0 Å². The summed E-state index contributed by atoms with van der Waals surface area (Å²) < 4.78 is 34.0. The maximum absolute atomic E-state index is 12.4. The third kappa shape index (κ3) is 5.57. The zero-order chi connectivity index (χ0) is 19.9. The molecule has 0 bridgehead atoms. The number of rotatable bonds is 8. The molecule has 0 aliphatic rings. The van der Waals surface area contributed by atoms with Crippen LogP contribution in [0.4, 0.5) is 14.5 Å². The molecule has 146 valence electrons. The van der Waals surface area contributed by atoms with Gasteiger partial charge in [0.25, 0.3) is 5.91 Å². The lowest BCUT2D eigenvalue weighted by molar-refractivity contribution is -0.146.